The zero-order valence-electron chi connectivity index (χ0n) is 7.23. The third-order valence-electron chi connectivity index (χ3n) is 2.30. The molecule has 1 fully saturated rings. The van der Waals surface area contributed by atoms with Crippen LogP contribution in [0, 0.1) is 0 Å². The van der Waals surface area contributed by atoms with Crippen molar-refractivity contribution in [3.8, 4) is 0 Å². The van der Waals surface area contributed by atoms with Gasteiger partial charge in [-0.1, -0.05) is 13.3 Å². The van der Waals surface area contributed by atoms with Gasteiger partial charge in [-0.2, -0.15) is 0 Å². The molecule has 0 amide bonds. The molecule has 4 nitrogen and oxygen atoms in total. The summed E-state index contributed by atoms with van der Waals surface area (Å²) >= 11 is 0. The van der Waals surface area contributed by atoms with Gasteiger partial charge in [0.2, 0.25) is 0 Å². The fourth-order valence-electron chi connectivity index (χ4n) is 1.44. The number of rotatable bonds is 3. The predicted molar refractivity (Wildman–Crippen MR) is 42.7 cm³/mol. The topological polar surface area (TPSA) is 69.9 Å². The van der Waals surface area contributed by atoms with Crippen molar-refractivity contribution < 1.29 is 20.1 Å². The summed E-state index contributed by atoms with van der Waals surface area (Å²) in [6.45, 7) is 1.55. The van der Waals surface area contributed by atoms with Crippen molar-refractivity contribution in [2.75, 3.05) is 13.2 Å². The van der Waals surface area contributed by atoms with Crippen LogP contribution in [0.15, 0.2) is 0 Å². The lowest BCUT2D eigenvalue weighted by atomic mass is 9.96. The molecule has 1 saturated heterocycles. The highest BCUT2D eigenvalue weighted by molar-refractivity contribution is 4.96. The quantitative estimate of drug-likeness (QED) is 0.530. The summed E-state index contributed by atoms with van der Waals surface area (Å²) in [7, 11) is 0. The lowest BCUT2D eigenvalue weighted by Gasteiger charge is -2.23. The second kappa shape index (κ2) is 3.70. The summed E-state index contributed by atoms with van der Waals surface area (Å²) in [4.78, 5) is 0. The van der Waals surface area contributed by atoms with Gasteiger partial charge in [0.25, 0.3) is 0 Å². The Morgan fingerprint density at radius 2 is 2.25 bits per heavy atom. The minimum absolute atomic E-state index is 0.0231. The lowest BCUT2D eigenvalue weighted by Crippen LogP contribution is -2.46. The van der Waals surface area contributed by atoms with Crippen molar-refractivity contribution in [3.63, 3.8) is 0 Å². The molecule has 12 heavy (non-hydrogen) atoms. The smallest absolute Gasteiger partial charge is 0.139 e. The molecule has 1 heterocycles. The molecule has 0 aromatic rings. The molecule has 4 heteroatoms. The molecule has 0 bridgehead atoms. The van der Waals surface area contributed by atoms with E-state index in [1.54, 1.807) is 0 Å². The van der Waals surface area contributed by atoms with Crippen LogP contribution >= 0.6 is 0 Å². The maximum Gasteiger partial charge on any atom is 0.139 e. The Balaban J connectivity index is 2.54. The van der Waals surface area contributed by atoms with Crippen LogP contribution in [0.25, 0.3) is 0 Å². The molecule has 0 spiro atoms. The van der Waals surface area contributed by atoms with Gasteiger partial charge in [-0.15, -0.1) is 0 Å². The number of hydrogen-bond acceptors (Lipinski definition) is 4. The van der Waals surface area contributed by atoms with E-state index in [1.807, 2.05) is 6.92 Å². The highest BCUT2D eigenvalue weighted by Crippen LogP contribution is 2.26. The van der Waals surface area contributed by atoms with E-state index in [4.69, 9.17) is 9.84 Å². The predicted octanol–water partition coefficient (Wildman–Crippen LogP) is -0.730. The molecule has 0 aromatic heterocycles. The third kappa shape index (κ3) is 1.61. The van der Waals surface area contributed by atoms with Crippen molar-refractivity contribution in [2.24, 2.45) is 0 Å². The first kappa shape index (κ1) is 9.92. The van der Waals surface area contributed by atoms with Crippen LogP contribution in [-0.4, -0.2) is 46.3 Å². The second-order valence-corrected chi connectivity index (χ2v) is 3.34. The SMILES string of the molecule is CCC[C@@H]1OC[C@](O)(CO)[C@H]1O. The van der Waals surface area contributed by atoms with E-state index in [9.17, 15) is 10.2 Å². The van der Waals surface area contributed by atoms with Crippen LogP contribution in [0.4, 0.5) is 0 Å². The summed E-state index contributed by atoms with van der Waals surface area (Å²) in [5.41, 5.74) is -1.44. The van der Waals surface area contributed by atoms with Crippen LogP contribution in [0.1, 0.15) is 19.8 Å². The summed E-state index contributed by atoms with van der Waals surface area (Å²) in [6, 6.07) is 0. The summed E-state index contributed by atoms with van der Waals surface area (Å²) in [5.74, 6) is 0. The van der Waals surface area contributed by atoms with Crippen molar-refractivity contribution in [2.45, 2.75) is 37.6 Å². The van der Waals surface area contributed by atoms with E-state index < -0.39 is 18.3 Å². The Hall–Kier alpha value is -0.160. The average Bonchev–Trinajstić information content (AvgIpc) is 2.35. The highest BCUT2D eigenvalue weighted by Gasteiger charge is 2.46. The molecular weight excluding hydrogens is 160 g/mol. The molecule has 0 aromatic carbocycles. The first-order valence-electron chi connectivity index (χ1n) is 4.27. The first-order chi connectivity index (χ1) is 5.64. The highest BCUT2D eigenvalue weighted by atomic mass is 16.5. The fourth-order valence-corrected chi connectivity index (χ4v) is 1.44. The zero-order valence-corrected chi connectivity index (χ0v) is 7.23. The minimum Gasteiger partial charge on any atom is -0.393 e. The minimum atomic E-state index is -1.44. The van der Waals surface area contributed by atoms with Crippen molar-refractivity contribution in [1.82, 2.24) is 0 Å². The maximum atomic E-state index is 9.54. The van der Waals surface area contributed by atoms with E-state index in [2.05, 4.69) is 0 Å². The molecule has 1 aliphatic heterocycles. The fraction of sp³-hybridized carbons (Fsp3) is 1.00. The first-order valence-corrected chi connectivity index (χ1v) is 4.27. The lowest BCUT2D eigenvalue weighted by molar-refractivity contribution is -0.0818. The molecule has 0 aliphatic carbocycles. The largest absolute Gasteiger partial charge is 0.393 e. The number of ether oxygens (including phenoxy) is 1. The van der Waals surface area contributed by atoms with E-state index in [-0.39, 0.29) is 12.7 Å². The summed E-state index contributed by atoms with van der Waals surface area (Å²) in [5, 5.41) is 27.8. The van der Waals surface area contributed by atoms with Crippen molar-refractivity contribution >= 4 is 0 Å². The monoisotopic (exact) mass is 176 g/mol. The molecule has 0 radical (unpaired) electrons. The normalized spacial score (nSPS) is 42.0. The number of aliphatic hydroxyl groups is 3. The van der Waals surface area contributed by atoms with Crippen LogP contribution in [-0.2, 0) is 4.74 Å². The van der Waals surface area contributed by atoms with Gasteiger partial charge in [-0.05, 0) is 6.42 Å². The van der Waals surface area contributed by atoms with Gasteiger partial charge in [0.1, 0.15) is 11.7 Å². The van der Waals surface area contributed by atoms with Crippen LogP contribution < -0.4 is 0 Å². The molecule has 3 atom stereocenters. The van der Waals surface area contributed by atoms with Gasteiger partial charge in [0, 0.05) is 0 Å². The van der Waals surface area contributed by atoms with Gasteiger partial charge >= 0.3 is 0 Å². The molecule has 1 rings (SSSR count). The van der Waals surface area contributed by atoms with E-state index in [1.165, 1.54) is 0 Å². The van der Waals surface area contributed by atoms with Gasteiger partial charge < -0.3 is 20.1 Å². The molecule has 0 unspecified atom stereocenters. The number of hydrogen-bond donors (Lipinski definition) is 3. The molecular formula is C8H16O4. The van der Waals surface area contributed by atoms with Crippen LogP contribution in [0.5, 0.6) is 0 Å². The summed E-state index contributed by atoms with van der Waals surface area (Å²) in [6.07, 6.45) is 0.321. The van der Waals surface area contributed by atoms with Crippen LogP contribution in [0.3, 0.4) is 0 Å². The van der Waals surface area contributed by atoms with E-state index in [0.717, 1.165) is 6.42 Å². The molecule has 0 saturated carbocycles. The Bertz CT molecular complexity index is 150. The molecule has 1 aliphatic rings. The van der Waals surface area contributed by atoms with E-state index in [0.29, 0.717) is 6.42 Å². The zero-order chi connectivity index (χ0) is 9.19. The van der Waals surface area contributed by atoms with Crippen molar-refractivity contribution in [3.05, 3.63) is 0 Å². The molecule has 72 valence electrons. The van der Waals surface area contributed by atoms with E-state index >= 15 is 0 Å². The Labute approximate surface area is 71.8 Å². The van der Waals surface area contributed by atoms with Gasteiger partial charge in [-0.25, -0.2) is 0 Å². The maximum absolute atomic E-state index is 9.54. The standard InChI is InChI=1S/C8H16O4/c1-2-3-6-7(10)8(11,4-9)5-12-6/h6-7,9-11H,2-5H2,1H3/t6-,7-,8+/m0/s1. The van der Waals surface area contributed by atoms with Gasteiger partial charge in [-0.3, -0.25) is 0 Å². The second-order valence-electron chi connectivity index (χ2n) is 3.34. The molecule has 3 N–H and O–H groups in total. The summed E-state index contributed by atoms with van der Waals surface area (Å²) < 4.78 is 5.15. The Morgan fingerprint density at radius 3 is 2.67 bits per heavy atom. The van der Waals surface area contributed by atoms with Crippen LogP contribution in [0.2, 0.25) is 0 Å². The van der Waals surface area contributed by atoms with Gasteiger partial charge in [0.15, 0.2) is 0 Å². The average molecular weight is 176 g/mol. The third-order valence-corrected chi connectivity index (χ3v) is 2.30. The number of aliphatic hydroxyl groups excluding tert-OH is 2. The Morgan fingerprint density at radius 1 is 1.58 bits per heavy atom. The van der Waals surface area contributed by atoms with Gasteiger partial charge in [0.05, 0.1) is 19.3 Å². The Kier molecular flexibility index (Phi) is 3.06. The van der Waals surface area contributed by atoms with Crippen molar-refractivity contribution in [1.29, 1.82) is 0 Å².